The van der Waals surface area contributed by atoms with Gasteiger partial charge in [0.05, 0.1) is 5.69 Å². The summed E-state index contributed by atoms with van der Waals surface area (Å²) < 4.78 is 14.3. The molecule has 3 aromatic rings. The summed E-state index contributed by atoms with van der Waals surface area (Å²) in [4.78, 5) is 27.3. The second kappa shape index (κ2) is 9.34. The summed E-state index contributed by atoms with van der Waals surface area (Å²) in [6, 6.07) is 24.0. The molecule has 2 atom stereocenters. The minimum atomic E-state index is -0.525. The molecule has 0 saturated heterocycles. The van der Waals surface area contributed by atoms with Gasteiger partial charge in [-0.15, -0.1) is 0 Å². The van der Waals surface area contributed by atoms with Crippen molar-refractivity contribution < 1.29 is 14.0 Å². The third kappa shape index (κ3) is 4.30. The highest BCUT2D eigenvalue weighted by Gasteiger charge is 2.41. The van der Waals surface area contributed by atoms with Gasteiger partial charge in [0.2, 0.25) is 0 Å². The van der Waals surface area contributed by atoms with Gasteiger partial charge in [0, 0.05) is 34.9 Å². The lowest BCUT2D eigenvalue weighted by Crippen LogP contribution is -2.37. The minimum absolute atomic E-state index is 0.0320. The van der Waals surface area contributed by atoms with Crippen molar-refractivity contribution in [1.82, 2.24) is 5.32 Å². The molecule has 0 aromatic heterocycles. The van der Waals surface area contributed by atoms with E-state index in [1.165, 1.54) is 12.1 Å². The molecular weight excluding hydrogens is 439 g/mol. The molecule has 35 heavy (non-hydrogen) atoms. The number of hydrogen-bond donors (Lipinski definition) is 2. The topological polar surface area (TPSA) is 58.2 Å². The molecule has 0 saturated carbocycles. The lowest BCUT2D eigenvalue weighted by Gasteiger charge is -2.37. The van der Waals surface area contributed by atoms with Gasteiger partial charge < -0.3 is 10.6 Å². The number of para-hydroxylation sites is 1. The summed E-state index contributed by atoms with van der Waals surface area (Å²) in [5.41, 5.74) is 5.75. The molecule has 2 N–H and O–H groups in total. The van der Waals surface area contributed by atoms with Crippen molar-refractivity contribution in [2.24, 2.45) is 0 Å². The third-order valence-corrected chi connectivity index (χ3v) is 6.96. The van der Waals surface area contributed by atoms with E-state index >= 15 is 0 Å². The average Bonchev–Trinajstić information content (AvgIpc) is 2.85. The Morgan fingerprint density at radius 1 is 0.914 bits per heavy atom. The molecule has 1 aliphatic heterocycles. The number of aryl methyl sites for hydroxylation is 1. The average molecular weight is 467 g/mol. The van der Waals surface area contributed by atoms with Crippen LogP contribution in [0.4, 0.5) is 10.1 Å². The minimum Gasteiger partial charge on any atom is -0.362 e. The lowest BCUT2D eigenvalue weighted by molar-refractivity contribution is -0.116. The van der Waals surface area contributed by atoms with Gasteiger partial charge in [-0.3, -0.25) is 9.59 Å². The van der Waals surface area contributed by atoms with Crippen LogP contribution in [0.15, 0.2) is 101 Å². The normalized spacial score (nSPS) is 19.8. The molecule has 0 spiro atoms. The van der Waals surface area contributed by atoms with Gasteiger partial charge in [0.25, 0.3) is 5.91 Å². The van der Waals surface area contributed by atoms with Crippen LogP contribution in [-0.2, 0) is 9.59 Å². The van der Waals surface area contributed by atoms with Crippen LogP contribution in [0, 0.1) is 12.7 Å². The summed E-state index contributed by atoms with van der Waals surface area (Å²) >= 11 is 0. The first-order valence-corrected chi connectivity index (χ1v) is 11.8. The van der Waals surface area contributed by atoms with Crippen LogP contribution in [0.1, 0.15) is 48.3 Å². The molecule has 2 aliphatic rings. The van der Waals surface area contributed by atoms with E-state index in [-0.39, 0.29) is 17.4 Å². The largest absolute Gasteiger partial charge is 0.362 e. The van der Waals surface area contributed by atoms with Crippen LogP contribution in [0.25, 0.3) is 0 Å². The zero-order valence-electron chi connectivity index (χ0n) is 19.8. The number of amides is 1. The second-order valence-electron chi connectivity index (χ2n) is 9.22. The van der Waals surface area contributed by atoms with Crippen molar-refractivity contribution in [3.8, 4) is 0 Å². The molecule has 3 aromatic carbocycles. The third-order valence-electron chi connectivity index (χ3n) is 6.96. The highest BCUT2D eigenvalue weighted by atomic mass is 19.1. The van der Waals surface area contributed by atoms with Gasteiger partial charge in [-0.2, -0.15) is 0 Å². The zero-order valence-corrected chi connectivity index (χ0v) is 19.8. The first kappa shape index (κ1) is 22.8. The Hall–Kier alpha value is -3.99. The van der Waals surface area contributed by atoms with Crippen molar-refractivity contribution in [2.75, 3.05) is 5.32 Å². The number of Topliss-reactive ketones (excluding diaryl/α,β-unsaturated/α-hetero) is 1. The Morgan fingerprint density at radius 2 is 1.60 bits per heavy atom. The molecule has 0 bridgehead atoms. The maximum atomic E-state index is 14.3. The number of ketones is 1. The molecule has 176 valence electrons. The Morgan fingerprint density at radius 3 is 2.34 bits per heavy atom. The van der Waals surface area contributed by atoms with E-state index in [0.717, 1.165) is 22.4 Å². The van der Waals surface area contributed by atoms with Crippen molar-refractivity contribution >= 4 is 17.4 Å². The number of rotatable bonds is 4. The van der Waals surface area contributed by atoms with E-state index in [0.29, 0.717) is 29.7 Å². The Balaban J connectivity index is 1.59. The number of carbonyl (C=O) groups is 2. The predicted molar refractivity (Wildman–Crippen MR) is 135 cm³/mol. The van der Waals surface area contributed by atoms with E-state index in [2.05, 4.69) is 22.8 Å². The van der Waals surface area contributed by atoms with E-state index in [1.54, 1.807) is 12.1 Å². The smallest absolute Gasteiger partial charge is 0.254 e. The molecule has 1 heterocycles. The Labute approximate surface area is 204 Å². The van der Waals surface area contributed by atoms with E-state index in [9.17, 15) is 14.0 Å². The van der Waals surface area contributed by atoms with Crippen molar-refractivity contribution in [3.05, 3.63) is 124 Å². The fraction of sp³-hybridized carbons (Fsp3) is 0.200. The number of allylic oxidation sites excluding steroid dienone is 3. The van der Waals surface area contributed by atoms with Crippen LogP contribution >= 0.6 is 0 Å². The van der Waals surface area contributed by atoms with E-state index < -0.39 is 17.6 Å². The van der Waals surface area contributed by atoms with Crippen molar-refractivity contribution in [3.63, 3.8) is 0 Å². The molecule has 5 rings (SSSR count). The Bertz CT molecular complexity index is 1370. The first-order chi connectivity index (χ1) is 16.9. The van der Waals surface area contributed by atoms with Gasteiger partial charge in [-0.05, 0) is 55.0 Å². The molecule has 0 radical (unpaired) electrons. The summed E-state index contributed by atoms with van der Waals surface area (Å²) in [5, 5.41) is 6.11. The van der Waals surface area contributed by atoms with Crippen LogP contribution in [0.2, 0.25) is 0 Å². The highest BCUT2D eigenvalue weighted by molar-refractivity contribution is 6.10. The molecule has 0 unspecified atom stereocenters. The Kier molecular flexibility index (Phi) is 6.08. The SMILES string of the molecule is CC1=C(C(=O)Nc2ccccc2F)[C@@H](c2ccccc2C)C2=C(C[C@@H](c3ccccc3)CC2=O)N1. The number of nitrogens with one attached hydrogen (secondary N) is 2. The molecular formula is C30H27FN2O2. The second-order valence-corrected chi connectivity index (χ2v) is 9.22. The van der Waals surface area contributed by atoms with Crippen molar-refractivity contribution in [1.29, 1.82) is 0 Å². The number of dihydropyridines is 1. The van der Waals surface area contributed by atoms with Gasteiger partial charge in [-0.25, -0.2) is 4.39 Å². The van der Waals surface area contributed by atoms with Crippen molar-refractivity contribution in [2.45, 2.75) is 38.5 Å². The van der Waals surface area contributed by atoms with Crippen LogP contribution in [0.5, 0.6) is 0 Å². The highest BCUT2D eigenvalue weighted by Crippen LogP contribution is 2.46. The van der Waals surface area contributed by atoms with Gasteiger partial charge in [-0.1, -0.05) is 66.7 Å². The number of benzene rings is 3. The fourth-order valence-corrected chi connectivity index (χ4v) is 5.27. The van der Waals surface area contributed by atoms with Gasteiger partial charge in [0.1, 0.15) is 5.82 Å². The molecule has 1 amide bonds. The number of anilines is 1. The fourth-order valence-electron chi connectivity index (χ4n) is 5.27. The molecule has 1 aliphatic carbocycles. The monoisotopic (exact) mass is 466 g/mol. The van der Waals surface area contributed by atoms with Gasteiger partial charge >= 0.3 is 0 Å². The standard InChI is InChI=1S/C30H27FN2O2/c1-18-10-6-7-13-22(18)28-27(30(35)33-24-15-9-8-14-23(24)31)19(2)32-25-16-21(17-26(34)29(25)28)20-11-4-3-5-12-20/h3-15,21,28,32H,16-17H2,1-2H3,(H,33,35)/t21-,28-/m1/s1. The number of halogens is 1. The predicted octanol–water partition coefficient (Wildman–Crippen LogP) is 6.13. The van der Waals surface area contributed by atoms with E-state index in [1.807, 2.05) is 56.3 Å². The summed E-state index contributed by atoms with van der Waals surface area (Å²) in [7, 11) is 0. The van der Waals surface area contributed by atoms with Crippen LogP contribution < -0.4 is 10.6 Å². The number of carbonyl (C=O) groups excluding carboxylic acids is 2. The van der Waals surface area contributed by atoms with Crippen LogP contribution in [0.3, 0.4) is 0 Å². The zero-order chi connectivity index (χ0) is 24.5. The van der Waals surface area contributed by atoms with Crippen LogP contribution in [-0.4, -0.2) is 11.7 Å². The number of hydrogen-bond acceptors (Lipinski definition) is 3. The summed E-state index contributed by atoms with van der Waals surface area (Å²) in [5.74, 6) is -1.34. The van der Waals surface area contributed by atoms with E-state index in [4.69, 9.17) is 0 Å². The lowest BCUT2D eigenvalue weighted by atomic mass is 9.71. The first-order valence-electron chi connectivity index (χ1n) is 11.8. The molecule has 4 nitrogen and oxygen atoms in total. The van der Waals surface area contributed by atoms with Gasteiger partial charge in [0.15, 0.2) is 5.78 Å². The summed E-state index contributed by atoms with van der Waals surface area (Å²) in [6.07, 6.45) is 1.07. The summed E-state index contributed by atoms with van der Waals surface area (Å²) in [6.45, 7) is 3.83. The maximum Gasteiger partial charge on any atom is 0.254 e. The quantitative estimate of drug-likeness (QED) is 0.486. The maximum absolute atomic E-state index is 14.3. The molecule has 5 heteroatoms. The molecule has 0 fully saturated rings.